The second-order valence-corrected chi connectivity index (χ2v) is 5.77. The van der Waals surface area contributed by atoms with Crippen molar-refractivity contribution in [3.63, 3.8) is 0 Å². The van der Waals surface area contributed by atoms with Gasteiger partial charge in [-0.05, 0) is 25.0 Å². The summed E-state index contributed by atoms with van der Waals surface area (Å²) in [5.74, 6) is 1.81. The molecular formula is C16H18N6O. The maximum Gasteiger partial charge on any atom is 0.195 e. The maximum absolute atomic E-state index is 5.57. The van der Waals surface area contributed by atoms with Gasteiger partial charge in [0.25, 0.3) is 0 Å². The highest BCUT2D eigenvalue weighted by atomic mass is 16.3. The fourth-order valence-corrected chi connectivity index (χ4v) is 3.14. The van der Waals surface area contributed by atoms with Crippen LogP contribution in [0.15, 0.2) is 41.5 Å². The van der Waals surface area contributed by atoms with Crippen molar-refractivity contribution in [1.82, 2.24) is 20.2 Å². The van der Waals surface area contributed by atoms with E-state index in [-0.39, 0.29) is 0 Å². The first-order valence-corrected chi connectivity index (χ1v) is 7.75. The van der Waals surface area contributed by atoms with E-state index in [1.54, 1.807) is 25.0 Å². The Bertz CT molecular complexity index is 781. The number of nitrogens with zero attached hydrogens (tertiary/aromatic N) is 6. The summed E-state index contributed by atoms with van der Waals surface area (Å²) >= 11 is 0. The zero-order valence-corrected chi connectivity index (χ0v) is 13.0. The third kappa shape index (κ3) is 2.58. The lowest BCUT2D eigenvalue weighted by Gasteiger charge is -2.37. The molecule has 1 aliphatic rings. The normalized spacial score (nSPS) is 16.0. The van der Waals surface area contributed by atoms with Crippen molar-refractivity contribution in [2.75, 3.05) is 29.9 Å². The highest BCUT2D eigenvalue weighted by Crippen LogP contribution is 2.28. The van der Waals surface area contributed by atoms with E-state index in [1.807, 2.05) is 12.1 Å². The minimum Gasteiger partial charge on any atom is -0.460 e. The highest BCUT2D eigenvalue weighted by molar-refractivity contribution is 5.86. The molecule has 0 radical (unpaired) electrons. The molecule has 0 saturated carbocycles. The fraction of sp³-hybridized carbons (Fsp3) is 0.375. The van der Waals surface area contributed by atoms with Crippen molar-refractivity contribution in [3.8, 4) is 0 Å². The van der Waals surface area contributed by atoms with Gasteiger partial charge >= 0.3 is 0 Å². The van der Waals surface area contributed by atoms with Crippen molar-refractivity contribution in [3.05, 3.63) is 37.1 Å². The Labute approximate surface area is 134 Å². The Morgan fingerprint density at radius 3 is 2.91 bits per heavy atom. The molecule has 0 amide bonds. The molecule has 1 aliphatic heterocycles. The Morgan fingerprint density at radius 2 is 2.13 bits per heavy atom. The van der Waals surface area contributed by atoms with E-state index >= 15 is 0 Å². The van der Waals surface area contributed by atoms with E-state index in [4.69, 9.17) is 4.42 Å². The minimum atomic E-state index is 0.463. The molecule has 0 aromatic carbocycles. The monoisotopic (exact) mass is 310 g/mol. The summed E-state index contributed by atoms with van der Waals surface area (Å²) in [6, 6.07) is 4.33. The van der Waals surface area contributed by atoms with Crippen LogP contribution in [0.3, 0.4) is 0 Å². The predicted molar refractivity (Wildman–Crippen MR) is 87.5 cm³/mol. The van der Waals surface area contributed by atoms with Crippen LogP contribution in [0.5, 0.6) is 0 Å². The molecule has 3 aromatic rings. The molecule has 4 rings (SSSR count). The number of hydrogen-bond donors (Lipinski definition) is 0. The van der Waals surface area contributed by atoms with Crippen LogP contribution < -0.4 is 9.80 Å². The first-order chi connectivity index (χ1) is 11.3. The van der Waals surface area contributed by atoms with Gasteiger partial charge in [0.2, 0.25) is 0 Å². The molecule has 7 heteroatoms. The number of anilines is 2. The molecule has 118 valence electrons. The van der Waals surface area contributed by atoms with Crippen LogP contribution in [0.4, 0.5) is 11.6 Å². The minimum absolute atomic E-state index is 0.463. The Hall–Kier alpha value is -2.70. The van der Waals surface area contributed by atoms with E-state index in [9.17, 15) is 0 Å². The molecule has 0 bridgehead atoms. The van der Waals surface area contributed by atoms with Gasteiger partial charge in [-0.3, -0.25) is 0 Å². The van der Waals surface area contributed by atoms with Gasteiger partial charge in [-0.2, -0.15) is 5.10 Å². The van der Waals surface area contributed by atoms with Gasteiger partial charge in [-0.25, -0.2) is 9.97 Å². The first-order valence-electron chi connectivity index (χ1n) is 7.75. The number of hydrogen-bond acceptors (Lipinski definition) is 7. The van der Waals surface area contributed by atoms with Gasteiger partial charge in [0.1, 0.15) is 12.1 Å². The van der Waals surface area contributed by atoms with Crippen molar-refractivity contribution in [1.29, 1.82) is 0 Å². The number of fused-ring (bicyclic) bond motifs is 1. The van der Waals surface area contributed by atoms with Crippen molar-refractivity contribution in [2.45, 2.75) is 18.9 Å². The van der Waals surface area contributed by atoms with Crippen LogP contribution in [-0.2, 0) is 0 Å². The third-order valence-corrected chi connectivity index (χ3v) is 4.49. The smallest absolute Gasteiger partial charge is 0.195 e. The molecule has 0 aliphatic carbocycles. The summed E-state index contributed by atoms with van der Waals surface area (Å²) in [4.78, 5) is 12.8. The van der Waals surface area contributed by atoms with Crippen LogP contribution >= 0.6 is 0 Å². The van der Waals surface area contributed by atoms with Gasteiger partial charge in [0.15, 0.2) is 11.4 Å². The largest absolute Gasteiger partial charge is 0.460 e. The lowest BCUT2D eigenvalue weighted by molar-refractivity contribution is 0.475. The highest BCUT2D eigenvalue weighted by Gasteiger charge is 2.25. The second kappa shape index (κ2) is 5.83. The van der Waals surface area contributed by atoms with Gasteiger partial charge < -0.3 is 14.2 Å². The zero-order chi connectivity index (χ0) is 15.6. The number of piperidine rings is 1. The molecule has 0 spiro atoms. The first kappa shape index (κ1) is 13.9. The van der Waals surface area contributed by atoms with E-state index in [1.165, 1.54) is 0 Å². The summed E-state index contributed by atoms with van der Waals surface area (Å²) in [5.41, 5.74) is 0.822. The SMILES string of the molecule is CN(c1ccncn1)C1CCN(c2nncc3ccoc23)CC1. The molecule has 1 fully saturated rings. The van der Waals surface area contributed by atoms with Gasteiger partial charge in [0, 0.05) is 37.8 Å². The Morgan fingerprint density at radius 1 is 1.26 bits per heavy atom. The van der Waals surface area contributed by atoms with Gasteiger partial charge in [-0.15, -0.1) is 5.10 Å². The van der Waals surface area contributed by atoms with Crippen molar-refractivity contribution in [2.24, 2.45) is 0 Å². The molecule has 0 unspecified atom stereocenters. The molecule has 4 heterocycles. The maximum atomic E-state index is 5.57. The van der Waals surface area contributed by atoms with E-state index in [0.717, 1.165) is 48.5 Å². The molecule has 0 N–H and O–H groups in total. The molecule has 0 atom stereocenters. The molecule has 7 nitrogen and oxygen atoms in total. The average Bonchev–Trinajstić information content (AvgIpc) is 3.11. The lowest BCUT2D eigenvalue weighted by atomic mass is 10.0. The number of rotatable bonds is 3. The summed E-state index contributed by atoms with van der Waals surface area (Å²) in [5, 5.41) is 9.36. The Kier molecular flexibility index (Phi) is 3.53. The molecule has 1 saturated heterocycles. The Balaban J connectivity index is 1.48. The topological polar surface area (TPSA) is 71.2 Å². The number of furan rings is 1. The molecule has 23 heavy (non-hydrogen) atoms. The van der Waals surface area contributed by atoms with Crippen LogP contribution in [0.1, 0.15) is 12.8 Å². The van der Waals surface area contributed by atoms with Crippen LogP contribution in [-0.4, -0.2) is 46.3 Å². The summed E-state index contributed by atoms with van der Waals surface area (Å²) < 4.78 is 5.57. The molecule has 3 aromatic heterocycles. The quantitative estimate of drug-likeness (QED) is 0.733. The standard InChI is InChI=1S/C16H18N6O/c1-21(14-2-6-17-11-18-14)13-3-7-22(8-4-13)16-15-12(5-9-23-15)10-19-20-16/h2,5-6,9-11,13H,3-4,7-8H2,1H3. The van der Waals surface area contributed by atoms with Gasteiger partial charge in [0.05, 0.1) is 12.5 Å². The van der Waals surface area contributed by atoms with E-state index in [0.29, 0.717) is 6.04 Å². The average molecular weight is 310 g/mol. The van der Waals surface area contributed by atoms with E-state index < -0.39 is 0 Å². The predicted octanol–water partition coefficient (Wildman–Crippen LogP) is 2.12. The van der Waals surface area contributed by atoms with Crippen LogP contribution in [0.2, 0.25) is 0 Å². The summed E-state index contributed by atoms with van der Waals surface area (Å²) in [7, 11) is 2.09. The second-order valence-electron chi connectivity index (χ2n) is 5.77. The van der Waals surface area contributed by atoms with Crippen LogP contribution in [0, 0.1) is 0 Å². The van der Waals surface area contributed by atoms with E-state index in [2.05, 4.69) is 37.0 Å². The summed E-state index contributed by atoms with van der Waals surface area (Å²) in [6.07, 6.45) is 8.87. The summed E-state index contributed by atoms with van der Waals surface area (Å²) in [6.45, 7) is 1.85. The third-order valence-electron chi connectivity index (χ3n) is 4.49. The fourth-order valence-electron chi connectivity index (χ4n) is 3.14. The van der Waals surface area contributed by atoms with Crippen molar-refractivity contribution < 1.29 is 4.42 Å². The zero-order valence-electron chi connectivity index (χ0n) is 13.0. The van der Waals surface area contributed by atoms with Crippen molar-refractivity contribution >= 4 is 22.6 Å². The van der Waals surface area contributed by atoms with Gasteiger partial charge in [-0.1, -0.05) is 0 Å². The molecular weight excluding hydrogens is 292 g/mol. The number of aromatic nitrogens is 4. The van der Waals surface area contributed by atoms with Crippen LogP contribution in [0.25, 0.3) is 11.0 Å². The lowest BCUT2D eigenvalue weighted by Crippen LogP contribution is -2.44.